The number of nitrogens with zero attached hydrogens (tertiary/aromatic N) is 1. The number of carbonyl (C=O) groups is 1. The largest absolute Gasteiger partial charge is 0.450 e. The molecule has 0 aliphatic carbocycles. The van der Waals surface area contributed by atoms with Crippen LogP contribution in [0.3, 0.4) is 0 Å². The second-order valence-corrected chi connectivity index (χ2v) is 8.92. The van der Waals surface area contributed by atoms with E-state index in [0.717, 1.165) is 16.3 Å². The minimum absolute atomic E-state index is 0.0258. The maximum atomic E-state index is 13.0. The Hall–Kier alpha value is -1.68. The first-order chi connectivity index (χ1) is 13.1. The van der Waals surface area contributed by atoms with Crippen molar-refractivity contribution in [1.82, 2.24) is 9.03 Å². The maximum Gasteiger partial charge on any atom is 0.404 e. The fourth-order valence-electron chi connectivity index (χ4n) is 2.82. The van der Waals surface area contributed by atoms with Gasteiger partial charge in [0.1, 0.15) is 5.72 Å². The van der Waals surface area contributed by atoms with E-state index in [4.69, 9.17) is 10.5 Å². The number of hydrogen-bond donors (Lipinski definition) is 3. The van der Waals surface area contributed by atoms with Crippen molar-refractivity contribution in [3.63, 3.8) is 0 Å². The molecule has 4 N–H and O–H groups in total. The van der Waals surface area contributed by atoms with Gasteiger partial charge in [-0.25, -0.2) is 9.52 Å². The summed E-state index contributed by atoms with van der Waals surface area (Å²) >= 11 is 0. The normalized spacial score (nSPS) is 14.2. The molecule has 0 heterocycles. The Kier molecular flexibility index (Phi) is 9.88. The lowest BCUT2D eigenvalue weighted by molar-refractivity contribution is -0.0805. The zero-order chi connectivity index (χ0) is 21.2. The SMILES string of the molecule is CCCCNS(=O)(=O)N(CC(C)C)C(O)(CCOC(N)=O)Cc1ccccc1. The first-order valence-corrected chi connectivity index (χ1v) is 11.0. The predicted octanol–water partition coefficient (Wildman–Crippen LogP) is 2.00. The van der Waals surface area contributed by atoms with E-state index in [1.807, 2.05) is 51.1 Å². The number of carbonyl (C=O) groups excluding carboxylic acids is 1. The molecule has 0 fully saturated rings. The summed E-state index contributed by atoms with van der Waals surface area (Å²) in [5.41, 5.74) is 4.00. The third kappa shape index (κ3) is 8.14. The van der Waals surface area contributed by atoms with Crippen molar-refractivity contribution in [2.24, 2.45) is 11.7 Å². The minimum Gasteiger partial charge on any atom is -0.450 e. The van der Waals surface area contributed by atoms with Crippen LogP contribution >= 0.6 is 0 Å². The van der Waals surface area contributed by atoms with Crippen LogP contribution in [0.5, 0.6) is 0 Å². The predicted molar refractivity (Wildman–Crippen MR) is 109 cm³/mol. The summed E-state index contributed by atoms with van der Waals surface area (Å²) in [6.07, 6.45) is 0.509. The number of primary amides is 1. The monoisotopic (exact) mass is 415 g/mol. The van der Waals surface area contributed by atoms with Crippen LogP contribution in [0.4, 0.5) is 4.79 Å². The van der Waals surface area contributed by atoms with Gasteiger partial charge in [0.25, 0.3) is 10.2 Å². The van der Waals surface area contributed by atoms with E-state index in [2.05, 4.69) is 4.72 Å². The highest BCUT2D eigenvalue weighted by Crippen LogP contribution is 2.26. The van der Waals surface area contributed by atoms with Crippen molar-refractivity contribution < 1.29 is 23.1 Å². The molecule has 9 heteroatoms. The minimum atomic E-state index is -3.96. The van der Waals surface area contributed by atoms with Crippen LogP contribution in [-0.2, 0) is 21.4 Å². The highest BCUT2D eigenvalue weighted by Gasteiger charge is 2.42. The van der Waals surface area contributed by atoms with E-state index < -0.39 is 22.0 Å². The van der Waals surface area contributed by atoms with Gasteiger partial charge in [0.15, 0.2) is 0 Å². The van der Waals surface area contributed by atoms with Crippen molar-refractivity contribution >= 4 is 16.3 Å². The summed E-state index contributed by atoms with van der Waals surface area (Å²) in [5, 5.41) is 11.5. The summed E-state index contributed by atoms with van der Waals surface area (Å²) in [5.74, 6) is -0.0258. The summed E-state index contributed by atoms with van der Waals surface area (Å²) in [6, 6.07) is 9.09. The van der Waals surface area contributed by atoms with Crippen molar-refractivity contribution in [3.05, 3.63) is 35.9 Å². The number of aliphatic hydroxyl groups is 1. The van der Waals surface area contributed by atoms with Gasteiger partial charge < -0.3 is 15.6 Å². The van der Waals surface area contributed by atoms with Crippen LogP contribution in [0.15, 0.2) is 30.3 Å². The first-order valence-electron chi connectivity index (χ1n) is 9.56. The molecular formula is C19H33N3O5S. The summed E-state index contributed by atoms with van der Waals surface area (Å²) in [4.78, 5) is 10.9. The molecule has 0 spiro atoms. The molecule has 28 heavy (non-hydrogen) atoms. The summed E-state index contributed by atoms with van der Waals surface area (Å²) in [7, 11) is -3.96. The van der Waals surface area contributed by atoms with Gasteiger partial charge in [0, 0.05) is 25.9 Å². The lowest BCUT2D eigenvalue weighted by Gasteiger charge is -2.39. The average Bonchev–Trinajstić information content (AvgIpc) is 2.60. The van der Waals surface area contributed by atoms with E-state index in [1.165, 1.54) is 0 Å². The lowest BCUT2D eigenvalue weighted by Crippen LogP contribution is -2.58. The smallest absolute Gasteiger partial charge is 0.404 e. The molecule has 1 aromatic rings. The van der Waals surface area contributed by atoms with E-state index in [0.29, 0.717) is 6.42 Å². The van der Waals surface area contributed by atoms with Crippen LogP contribution in [0.2, 0.25) is 0 Å². The molecule has 0 aliphatic rings. The third-order valence-corrected chi connectivity index (χ3v) is 5.82. The van der Waals surface area contributed by atoms with Gasteiger partial charge in [0.2, 0.25) is 0 Å². The standard InChI is InChI=1S/C19H33N3O5S/c1-4-5-12-21-28(25,26)22(15-16(2)3)19(24,11-13-27-18(20)23)14-17-9-7-6-8-10-17/h6-10,16,21,24H,4-5,11-15H2,1-3H3,(H2,20,23). The number of nitrogens with one attached hydrogen (secondary N) is 1. The molecule has 1 atom stereocenters. The molecule has 160 valence electrons. The molecule has 0 aliphatic heterocycles. The number of unbranched alkanes of at least 4 members (excludes halogenated alkanes) is 1. The third-order valence-electron chi connectivity index (χ3n) is 4.18. The zero-order valence-electron chi connectivity index (χ0n) is 16.9. The molecule has 8 nitrogen and oxygen atoms in total. The van der Waals surface area contributed by atoms with Crippen molar-refractivity contribution in [2.45, 2.75) is 52.2 Å². The quantitative estimate of drug-likeness (QED) is 0.336. The van der Waals surface area contributed by atoms with Crippen molar-refractivity contribution in [2.75, 3.05) is 19.7 Å². The Labute approximate surface area is 168 Å². The number of amides is 1. The van der Waals surface area contributed by atoms with E-state index in [9.17, 15) is 18.3 Å². The van der Waals surface area contributed by atoms with Crippen LogP contribution in [0, 0.1) is 5.92 Å². The molecule has 0 radical (unpaired) electrons. The molecule has 0 aromatic heterocycles. The molecule has 0 bridgehead atoms. The van der Waals surface area contributed by atoms with E-state index in [-0.39, 0.29) is 38.5 Å². The molecule has 1 rings (SSSR count). The van der Waals surface area contributed by atoms with Gasteiger partial charge in [0.05, 0.1) is 6.61 Å². The van der Waals surface area contributed by atoms with Crippen LogP contribution in [0.25, 0.3) is 0 Å². The summed E-state index contributed by atoms with van der Waals surface area (Å²) < 4.78 is 34.4. The second kappa shape index (κ2) is 11.4. The number of ether oxygens (including phenoxy) is 1. The van der Waals surface area contributed by atoms with Crippen LogP contribution in [0.1, 0.15) is 45.6 Å². The lowest BCUT2D eigenvalue weighted by atomic mass is 9.99. The van der Waals surface area contributed by atoms with Gasteiger partial charge in [-0.3, -0.25) is 0 Å². The molecular weight excluding hydrogens is 382 g/mol. The highest BCUT2D eigenvalue weighted by molar-refractivity contribution is 7.87. The Morgan fingerprint density at radius 3 is 2.50 bits per heavy atom. The topological polar surface area (TPSA) is 122 Å². The Balaban J connectivity index is 3.21. The van der Waals surface area contributed by atoms with Crippen molar-refractivity contribution in [3.8, 4) is 0 Å². The van der Waals surface area contributed by atoms with Gasteiger partial charge in [-0.2, -0.15) is 12.7 Å². The number of hydrogen-bond acceptors (Lipinski definition) is 5. The van der Waals surface area contributed by atoms with Crippen molar-refractivity contribution in [1.29, 1.82) is 0 Å². The van der Waals surface area contributed by atoms with Gasteiger partial charge in [-0.1, -0.05) is 57.5 Å². The molecule has 0 saturated carbocycles. The number of nitrogens with two attached hydrogens (primary N) is 1. The Morgan fingerprint density at radius 1 is 1.32 bits per heavy atom. The Morgan fingerprint density at radius 2 is 1.96 bits per heavy atom. The van der Waals surface area contributed by atoms with Gasteiger partial charge in [-0.05, 0) is 17.9 Å². The van der Waals surface area contributed by atoms with Crippen LogP contribution < -0.4 is 10.5 Å². The fraction of sp³-hybridized carbons (Fsp3) is 0.632. The van der Waals surface area contributed by atoms with E-state index in [1.54, 1.807) is 0 Å². The molecule has 1 amide bonds. The van der Waals surface area contributed by atoms with Crippen LogP contribution in [-0.4, -0.2) is 49.3 Å². The maximum absolute atomic E-state index is 13.0. The molecule has 1 aromatic carbocycles. The van der Waals surface area contributed by atoms with Gasteiger partial charge >= 0.3 is 6.09 Å². The molecule has 0 saturated heterocycles. The first kappa shape index (κ1) is 24.4. The number of benzene rings is 1. The average molecular weight is 416 g/mol. The van der Waals surface area contributed by atoms with Gasteiger partial charge in [-0.15, -0.1) is 0 Å². The Bertz CT molecular complexity index is 697. The second-order valence-electron chi connectivity index (χ2n) is 7.24. The highest BCUT2D eigenvalue weighted by atomic mass is 32.2. The zero-order valence-corrected chi connectivity index (χ0v) is 17.7. The van der Waals surface area contributed by atoms with E-state index >= 15 is 0 Å². The number of rotatable bonds is 13. The fourth-order valence-corrected chi connectivity index (χ4v) is 4.47. The summed E-state index contributed by atoms with van der Waals surface area (Å²) in [6.45, 7) is 5.91. The molecule has 1 unspecified atom stereocenters.